The molecule has 4 rings (SSSR count). The molecule has 4 N–H and O–H groups in total. The van der Waals surface area contributed by atoms with Crippen molar-refractivity contribution in [3.05, 3.63) is 53.9 Å². The van der Waals surface area contributed by atoms with E-state index >= 15 is 0 Å². The molecular weight excluding hydrogens is 352 g/mol. The Balaban J connectivity index is 1.62. The highest BCUT2D eigenvalue weighted by atomic mass is 16.3. The first-order chi connectivity index (χ1) is 13.7. The largest absolute Gasteiger partial charge is 0.368 e. The van der Waals surface area contributed by atoms with Gasteiger partial charge in [-0.3, -0.25) is 9.55 Å². The van der Waals surface area contributed by atoms with Gasteiger partial charge in [0.2, 0.25) is 5.95 Å². The number of fused-ring (bicyclic) bond motifs is 1. The van der Waals surface area contributed by atoms with Gasteiger partial charge >= 0.3 is 0 Å². The Morgan fingerprint density at radius 3 is 2.68 bits per heavy atom. The third kappa shape index (κ3) is 3.87. The third-order valence-electron chi connectivity index (χ3n) is 5.38. The third-order valence-corrected chi connectivity index (χ3v) is 5.38. The molecule has 28 heavy (non-hydrogen) atoms. The number of imidazole rings is 1. The number of nitrogens with one attached hydrogen (secondary N) is 1. The first-order valence-electron chi connectivity index (χ1n) is 9.93. The van der Waals surface area contributed by atoms with Gasteiger partial charge in [-0.15, -0.1) is 0 Å². The summed E-state index contributed by atoms with van der Waals surface area (Å²) in [6.07, 6.45) is 1.16. The molecule has 0 spiro atoms. The number of hydrogen-bond acceptors (Lipinski definition) is 6. The maximum atomic E-state index is 11.1. The number of aliphatic hydroxyl groups is 1. The van der Waals surface area contributed by atoms with Crippen LogP contribution in [0.4, 0.5) is 5.95 Å². The highest BCUT2D eigenvalue weighted by Crippen LogP contribution is 2.28. The lowest BCUT2D eigenvalue weighted by atomic mass is 10.1. The summed E-state index contributed by atoms with van der Waals surface area (Å²) in [5.74, 6) is 0.689. The van der Waals surface area contributed by atoms with E-state index in [-0.39, 0.29) is 0 Å². The number of likely N-dealkylation sites (tertiary alicyclic amines) is 1. The van der Waals surface area contributed by atoms with Gasteiger partial charge in [0.05, 0.1) is 16.7 Å². The average Bonchev–Trinajstić information content (AvgIpc) is 3.07. The minimum atomic E-state index is -0.896. The van der Waals surface area contributed by atoms with Crippen LogP contribution in [0.1, 0.15) is 30.5 Å². The number of nitrogens with two attached hydrogens (primary N) is 1. The molecule has 0 bridgehead atoms. The van der Waals surface area contributed by atoms with Crippen LogP contribution in [-0.2, 0) is 0 Å². The second-order valence-electron chi connectivity index (χ2n) is 7.42. The molecule has 3 heterocycles. The molecule has 7 nitrogen and oxygen atoms in total. The van der Waals surface area contributed by atoms with Crippen LogP contribution >= 0.6 is 0 Å². The Labute approximate surface area is 165 Å². The number of rotatable bonds is 6. The number of nitrogens with zero attached hydrogens (tertiary/aromatic N) is 4. The fourth-order valence-corrected chi connectivity index (χ4v) is 3.90. The SMILES string of the molecule is Cc1cccc(C(O)n2c(NC3CCN(CCN)CC3)nc3ccccc32)n1. The van der Waals surface area contributed by atoms with Crippen LogP contribution in [0.2, 0.25) is 0 Å². The van der Waals surface area contributed by atoms with E-state index < -0.39 is 6.23 Å². The van der Waals surface area contributed by atoms with Crippen LogP contribution in [0.15, 0.2) is 42.5 Å². The van der Waals surface area contributed by atoms with Crippen molar-refractivity contribution in [3.8, 4) is 0 Å². The van der Waals surface area contributed by atoms with Crippen molar-refractivity contribution in [1.29, 1.82) is 0 Å². The Kier molecular flexibility index (Phi) is 5.57. The molecule has 1 atom stereocenters. The van der Waals surface area contributed by atoms with Crippen molar-refractivity contribution in [1.82, 2.24) is 19.4 Å². The van der Waals surface area contributed by atoms with Crippen molar-refractivity contribution in [3.63, 3.8) is 0 Å². The quantitative estimate of drug-likeness (QED) is 0.607. The van der Waals surface area contributed by atoms with Crippen molar-refractivity contribution in [2.75, 3.05) is 31.5 Å². The highest BCUT2D eigenvalue weighted by molar-refractivity contribution is 5.79. The summed E-state index contributed by atoms with van der Waals surface area (Å²) < 4.78 is 1.85. The van der Waals surface area contributed by atoms with Crippen LogP contribution in [0.25, 0.3) is 11.0 Å². The molecular formula is C21H28N6O. The molecule has 1 aliphatic heterocycles. The van der Waals surface area contributed by atoms with Crippen LogP contribution in [0.3, 0.4) is 0 Å². The molecule has 0 amide bonds. The van der Waals surface area contributed by atoms with E-state index in [1.54, 1.807) is 0 Å². The maximum absolute atomic E-state index is 11.1. The zero-order valence-electron chi connectivity index (χ0n) is 16.3. The minimum absolute atomic E-state index is 0.322. The smallest absolute Gasteiger partial charge is 0.206 e. The molecule has 3 aromatic rings. The second kappa shape index (κ2) is 8.26. The number of hydrogen-bond donors (Lipinski definition) is 3. The number of aromatic nitrogens is 3. The van der Waals surface area contributed by atoms with Crippen LogP contribution in [-0.4, -0.2) is 56.8 Å². The standard InChI is InChI=1S/C21H28N6O/c1-15-5-4-7-18(23-15)20(28)27-19-8-3-2-6-17(19)25-21(27)24-16-9-12-26(13-10-16)14-11-22/h2-8,16,20,28H,9-14,22H2,1H3,(H,24,25). The highest BCUT2D eigenvalue weighted by Gasteiger charge is 2.24. The van der Waals surface area contributed by atoms with Crippen LogP contribution in [0.5, 0.6) is 0 Å². The molecule has 1 saturated heterocycles. The van der Waals surface area contributed by atoms with Crippen LogP contribution < -0.4 is 11.1 Å². The molecule has 1 fully saturated rings. The fraction of sp³-hybridized carbons (Fsp3) is 0.429. The number of anilines is 1. The van der Waals surface area contributed by atoms with Crippen molar-refractivity contribution in [2.24, 2.45) is 5.73 Å². The van der Waals surface area contributed by atoms with Gasteiger partial charge in [-0.05, 0) is 44.0 Å². The summed E-state index contributed by atoms with van der Waals surface area (Å²) in [6, 6.07) is 13.9. The topological polar surface area (TPSA) is 92.2 Å². The van der Waals surface area contributed by atoms with E-state index in [9.17, 15) is 5.11 Å². The Hall–Kier alpha value is -2.48. The van der Waals surface area contributed by atoms with E-state index in [4.69, 9.17) is 10.7 Å². The molecule has 0 saturated carbocycles. The molecule has 1 aliphatic rings. The van der Waals surface area contributed by atoms with Crippen molar-refractivity contribution < 1.29 is 5.11 Å². The van der Waals surface area contributed by atoms with E-state index in [1.807, 2.05) is 54.0 Å². The number of aryl methyl sites for hydroxylation is 1. The maximum Gasteiger partial charge on any atom is 0.206 e. The lowest BCUT2D eigenvalue weighted by molar-refractivity contribution is 0.147. The number of benzene rings is 1. The first kappa shape index (κ1) is 18.9. The summed E-state index contributed by atoms with van der Waals surface area (Å²) in [5, 5.41) is 14.7. The van der Waals surface area contributed by atoms with Gasteiger partial charge in [-0.2, -0.15) is 0 Å². The second-order valence-corrected chi connectivity index (χ2v) is 7.42. The molecule has 2 aromatic heterocycles. The normalized spacial score (nSPS) is 17.1. The fourth-order valence-electron chi connectivity index (χ4n) is 3.90. The first-order valence-corrected chi connectivity index (χ1v) is 9.93. The van der Waals surface area contributed by atoms with E-state index in [0.717, 1.165) is 49.2 Å². The Bertz CT molecular complexity index is 932. The van der Waals surface area contributed by atoms with Gasteiger partial charge in [-0.1, -0.05) is 18.2 Å². The molecule has 1 unspecified atom stereocenters. The predicted octanol–water partition coefficient (Wildman–Crippen LogP) is 2.11. The van der Waals surface area contributed by atoms with Gasteiger partial charge in [0, 0.05) is 37.9 Å². The molecule has 148 valence electrons. The zero-order valence-corrected chi connectivity index (χ0v) is 16.3. The van der Waals surface area contributed by atoms with Gasteiger partial charge in [0.25, 0.3) is 0 Å². The number of pyridine rings is 1. The van der Waals surface area contributed by atoms with Gasteiger partial charge in [0.1, 0.15) is 0 Å². The predicted molar refractivity (Wildman–Crippen MR) is 111 cm³/mol. The summed E-state index contributed by atoms with van der Waals surface area (Å²) in [5.41, 5.74) is 8.92. The summed E-state index contributed by atoms with van der Waals surface area (Å²) in [6.45, 7) is 5.62. The molecule has 0 radical (unpaired) electrons. The van der Waals surface area contributed by atoms with Crippen LogP contribution in [0, 0.1) is 6.92 Å². The van der Waals surface area contributed by atoms with E-state index in [1.165, 1.54) is 0 Å². The zero-order chi connectivity index (χ0) is 19.5. The van der Waals surface area contributed by atoms with Gasteiger partial charge in [-0.25, -0.2) is 4.98 Å². The molecule has 1 aromatic carbocycles. The lowest BCUT2D eigenvalue weighted by Crippen LogP contribution is -2.41. The minimum Gasteiger partial charge on any atom is -0.368 e. The monoisotopic (exact) mass is 380 g/mol. The molecule has 0 aliphatic carbocycles. The van der Waals surface area contributed by atoms with Gasteiger partial charge < -0.3 is 21.1 Å². The number of piperidine rings is 1. The van der Waals surface area contributed by atoms with Gasteiger partial charge in [0.15, 0.2) is 6.23 Å². The Morgan fingerprint density at radius 2 is 1.93 bits per heavy atom. The van der Waals surface area contributed by atoms with E-state index in [0.29, 0.717) is 24.2 Å². The summed E-state index contributed by atoms with van der Waals surface area (Å²) in [7, 11) is 0. The Morgan fingerprint density at radius 1 is 1.14 bits per heavy atom. The van der Waals surface area contributed by atoms with Crippen molar-refractivity contribution in [2.45, 2.75) is 32.0 Å². The van der Waals surface area contributed by atoms with E-state index in [2.05, 4.69) is 15.2 Å². The summed E-state index contributed by atoms with van der Waals surface area (Å²) in [4.78, 5) is 11.7. The summed E-state index contributed by atoms with van der Waals surface area (Å²) >= 11 is 0. The lowest BCUT2D eigenvalue weighted by Gasteiger charge is -2.32. The molecule has 7 heteroatoms. The van der Waals surface area contributed by atoms with Crippen molar-refractivity contribution >= 4 is 17.0 Å². The number of para-hydroxylation sites is 2. The average molecular weight is 380 g/mol. The number of aliphatic hydroxyl groups excluding tert-OH is 1.